The number of aryl methyl sites for hydroxylation is 2. The van der Waals surface area contributed by atoms with Crippen LogP contribution < -0.4 is 5.32 Å². The molecule has 1 atom stereocenters. The number of nitrogens with zero attached hydrogens (tertiary/aromatic N) is 3. The van der Waals surface area contributed by atoms with Gasteiger partial charge in [0.1, 0.15) is 5.60 Å². The van der Waals surface area contributed by atoms with Crippen LogP contribution in [0.5, 0.6) is 0 Å². The fourth-order valence-corrected chi connectivity index (χ4v) is 3.70. The minimum atomic E-state index is -0.463. The van der Waals surface area contributed by atoms with Crippen LogP contribution in [0, 0.1) is 13.8 Å². The van der Waals surface area contributed by atoms with Crippen molar-refractivity contribution in [2.45, 2.75) is 38.7 Å². The number of alkyl carbamates (subject to hydrolysis) is 1. The summed E-state index contributed by atoms with van der Waals surface area (Å²) in [6.07, 6.45) is 1.88. The number of aromatic nitrogens is 2. The summed E-state index contributed by atoms with van der Waals surface area (Å²) in [7, 11) is 0. The number of nitrogens with one attached hydrogen (secondary N) is 1. The average Bonchev–Trinajstić information content (AvgIpc) is 2.86. The van der Waals surface area contributed by atoms with E-state index >= 15 is 0 Å². The van der Waals surface area contributed by atoms with Crippen molar-refractivity contribution in [1.29, 1.82) is 0 Å². The summed E-state index contributed by atoms with van der Waals surface area (Å²) < 4.78 is 5.48. The lowest BCUT2D eigenvalue weighted by Crippen LogP contribution is -2.36. The number of ether oxygens (including phenoxy) is 1. The number of hydrogen-bond donors (Lipinski definition) is 1. The molecule has 4 rings (SSSR count). The molecule has 2 aromatic rings. The Hall–Kier alpha value is -2.70. The molecule has 2 aliphatic rings. The molecule has 0 aliphatic carbocycles. The highest BCUT2D eigenvalue weighted by Gasteiger charge is 2.41. The topological polar surface area (TPSA) is 84.4 Å². The monoisotopic (exact) mass is 354 g/mol. The fourth-order valence-electron chi connectivity index (χ4n) is 3.70. The summed E-state index contributed by atoms with van der Waals surface area (Å²) in [5.74, 6) is -0.0127. The normalized spacial score (nSPS) is 23.0. The Balaban J connectivity index is 1.54. The molecule has 3 heterocycles. The molecule has 2 aliphatic heterocycles. The third-order valence-electron chi connectivity index (χ3n) is 5.37. The third-order valence-corrected chi connectivity index (χ3v) is 5.37. The molecule has 7 nitrogen and oxygen atoms in total. The molecule has 2 amide bonds. The lowest BCUT2D eigenvalue weighted by Gasteiger charge is -2.25. The maximum absolute atomic E-state index is 13.0. The number of fused-ring (bicyclic) bond motifs is 1. The van der Waals surface area contributed by atoms with Crippen LogP contribution in [0.2, 0.25) is 0 Å². The van der Waals surface area contributed by atoms with Crippen LogP contribution in [0.4, 0.5) is 4.79 Å². The van der Waals surface area contributed by atoms with E-state index in [9.17, 15) is 9.59 Å². The predicted molar refractivity (Wildman–Crippen MR) is 96.0 cm³/mol. The van der Waals surface area contributed by atoms with Crippen LogP contribution in [0.1, 0.15) is 41.0 Å². The summed E-state index contributed by atoms with van der Waals surface area (Å²) in [5, 5.41) is 2.73. The van der Waals surface area contributed by atoms with Crippen LogP contribution in [-0.2, 0) is 4.74 Å². The van der Waals surface area contributed by atoms with E-state index in [4.69, 9.17) is 4.74 Å². The van der Waals surface area contributed by atoms with Gasteiger partial charge in [-0.3, -0.25) is 4.79 Å². The molecule has 1 aromatic heterocycles. The number of amides is 2. The van der Waals surface area contributed by atoms with E-state index in [1.54, 1.807) is 0 Å². The van der Waals surface area contributed by atoms with E-state index < -0.39 is 5.60 Å². The number of likely N-dealkylation sites (tertiary alicyclic amines) is 1. The van der Waals surface area contributed by atoms with Crippen molar-refractivity contribution in [2.75, 3.05) is 19.6 Å². The third kappa shape index (κ3) is 2.98. The number of benzene rings is 1. The highest BCUT2D eigenvalue weighted by Crippen LogP contribution is 2.30. The molecule has 0 radical (unpaired) electrons. The van der Waals surface area contributed by atoms with Crippen molar-refractivity contribution in [3.8, 4) is 0 Å². The molecule has 1 spiro atoms. The molecule has 0 unspecified atom stereocenters. The van der Waals surface area contributed by atoms with Crippen LogP contribution in [0.25, 0.3) is 11.0 Å². The largest absolute Gasteiger partial charge is 0.441 e. The van der Waals surface area contributed by atoms with Crippen LogP contribution in [0.3, 0.4) is 0 Å². The second kappa shape index (κ2) is 6.23. The van der Waals surface area contributed by atoms with Crippen LogP contribution in [-0.4, -0.2) is 52.1 Å². The zero-order chi connectivity index (χ0) is 18.3. The summed E-state index contributed by atoms with van der Waals surface area (Å²) in [5.41, 5.74) is 3.45. The Labute approximate surface area is 151 Å². The Morgan fingerprint density at radius 2 is 1.92 bits per heavy atom. The average molecular weight is 354 g/mol. The van der Waals surface area contributed by atoms with Gasteiger partial charge in [0.2, 0.25) is 0 Å². The standard InChI is InChI=1S/C19H22N4O3/c1-12-13(2)22-16-10-14(4-5-15(16)21-12)17(24)23-8-3-6-19(7-9-23)11-20-18(25)26-19/h4-5,10H,3,6-9,11H2,1-2H3,(H,20,25)/t19-/m1/s1. The summed E-state index contributed by atoms with van der Waals surface area (Å²) in [6, 6.07) is 5.48. The second-order valence-electron chi connectivity index (χ2n) is 7.17. The van der Waals surface area contributed by atoms with Crippen LogP contribution in [0.15, 0.2) is 18.2 Å². The smallest absolute Gasteiger partial charge is 0.407 e. The van der Waals surface area contributed by atoms with Crippen molar-refractivity contribution in [3.05, 3.63) is 35.2 Å². The van der Waals surface area contributed by atoms with E-state index in [1.807, 2.05) is 36.9 Å². The SMILES string of the molecule is Cc1nc2ccc(C(=O)N3CCC[C@@]4(CC3)CNC(=O)O4)cc2nc1C. The first-order valence-electron chi connectivity index (χ1n) is 8.97. The van der Waals surface area contributed by atoms with E-state index in [0.717, 1.165) is 35.3 Å². The quantitative estimate of drug-likeness (QED) is 0.850. The molecule has 7 heteroatoms. The minimum absolute atomic E-state index is 0.0127. The zero-order valence-corrected chi connectivity index (χ0v) is 15.0. The van der Waals surface area contributed by atoms with Crippen LogP contribution >= 0.6 is 0 Å². The van der Waals surface area contributed by atoms with E-state index in [2.05, 4.69) is 15.3 Å². The molecular weight excluding hydrogens is 332 g/mol. The number of carbonyl (C=O) groups is 2. The molecule has 2 fully saturated rings. The Kier molecular flexibility index (Phi) is 4.01. The maximum atomic E-state index is 13.0. The molecule has 0 bridgehead atoms. The lowest BCUT2D eigenvalue weighted by molar-refractivity contribution is 0.0438. The Morgan fingerprint density at radius 1 is 1.15 bits per heavy atom. The van der Waals surface area contributed by atoms with Crippen molar-refractivity contribution in [3.63, 3.8) is 0 Å². The molecule has 2 saturated heterocycles. The highest BCUT2D eigenvalue weighted by atomic mass is 16.6. The van der Waals surface area contributed by atoms with E-state index in [1.165, 1.54) is 0 Å². The van der Waals surface area contributed by atoms with Gasteiger partial charge in [-0.05, 0) is 44.9 Å². The van der Waals surface area contributed by atoms with Gasteiger partial charge < -0.3 is 15.0 Å². The van der Waals surface area contributed by atoms with E-state index in [-0.39, 0.29) is 12.0 Å². The molecule has 26 heavy (non-hydrogen) atoms. The summed E-state index contributed by atoms with van der Waals surface area (Å²) in [6.45, 7) is 5.61. The molecule has 136 valence electrons. The number of hydrogen-bond acceptors (Lipinski definition) is 5. The lowest BCUT2D eigenvalue weighted by atomic mass is 9.95. The highest BCUT2D eigenvalue weighted by molar-refractivity contribution is 5.97. The van der Waals surface area contributed by atoms with Gasteiger partial charge in [-0.2, -0.15) is 0 Å². The molecule has 1 N–H and O–H groups in total. The van der Waals surface area contributed by atoms with Gasteiger partial charge in [-0.15, -0.1) is 0 Å². The fraction of sp³-hybridized carbons (Fsp3) is 0.474. The number of rotatable bonds is 1. The summed E-state index contributed by atoms with van der Waals surface area (Å²) in [4.78, 5) is 35.3. The van der Waals surface area contributed by atoms with Gasteiger partial charge in [-0.25, -0.2) is 14.8 Å². The maximum Gasteiger partial charge on any atom is 0.407 e. The molecule has 0 saturated carbocycles. The zero-order valence-electron chi connectivity index (χ0n) is 15.0. The van der Waals surface area contributed by atoms with E-state index in [0.29, 0.717) is 31.6 Å². The van der Waals surface area contributed by atoms with Gasteiger partial charge in [0.05, 0.1) is 29.0 Å². The van der Waals surface area contributed by atoms with Gasteiger partial charge in [0.15, 0.2) is 0 Å². The second-order valence-corrected chi connectivity index (χ2v) is 7.17. The molecular formula is C19H22N4O3. The first kappa shape index (κ1) is 16.8. The van der Waals surface area contributed by atoms with Crippen molar-refractivity contribution >= 4 is 23.0 Å². The van der Waals surface area contributed by atoms with Crippen molar-refractivity contribution < 1.29 is 14.3 Å². The summed E-state index contributed by atoms with van der Waals surface area (Å²) >= 11 is 0. The Morgan fingerprint density at radius 3 is 2.65 bits per heavy atom. The number of carbonyl (C=O) groups excluding carboxylic acids is 2. The van der Waals surface area contributed by atoms with Gasteiger partial charge in [-0.1, -0.05) is 0 Å². The van der Waals surface area contributed by atoms with Gasteiger partial charge in [0, 0.05) is 25.1 Å². The molecule has 1 aromatic carbocycles. The van der Waals surface area contributed by atoms with Gasteiger partial charge in [0.25, 0.3) is 5.91 Å². The van der Waals surface area contributed by atoms with Crippen molar-refractivity contribution in [1.82, 2.24) is 20.2 Å². The first-order chi connectivity index (χ1) is 12.5. The first-order valence-corrected chi connectivity index (χ1v) is 8.97. The van der Waals surface area contributed by atoms with Crippen molar-refractivity contribution in [2.24, 2.45) is 0 Å². The Bertz CT molecular complexity index is 898. The minimum Gasteiger partial charge on any atom is -0.441 e. The van der Waals surface area contributed by atoms with Gasteiger partial charge >= 0.3 is 6.09 Å². The predicted octanol–water partition coefficient (Wildman–Crippen LogP) is 2.35.